The summed E-state index contributed by atoms with van der Waals surface area (Å²) in [7, 11) is -4.51. The number of halogens is 2. The third kappa shape index (κ3) is 5.70. The highest BCUT2D eigenvalue weighted by Gasteiger charge is 2.25. The quantitative estimate of drug-likeness (QED) is 0.278. The summed E-state index contributed by atoms with van der Waals surface area (Å²) in [5.41, 5.74) is 1.36. The minimum Gasteiger partial charge on any atom is -0.408 e. The van der Waals surface area contributed by atoms with Crippen molar-refractivity contribution in [2.45, 2.75) is 30.4 Å². The van der Waals surface area contributed by atoms with E-state index in [1.165, 1.54) is 16.7 Å². The van der Waals surface area contributed by atoms with Gasteiger partial charge in [-0.15, -0.1) is 0 Å². The normalized spacial score (nSPS) is 16.7. The van der Waals surface area contributed by atoms with Gasteiger partial charge in [0.05, 0.1) is 24.2 Å². The summed E-state index contributed by atoms with van der Waals surface area (Å²) in [6.07, 6.45) is 0.415. The van der Waals surface area contributed by atoms with Gasteiger partial charge in [0.2, 0.25) is 5.95 Å². The van der Waals surface area contributed by atoms with Crippen LogP contribution in [-0.2, 0) is 10.0 Å². The second-order valence-electron chi connectivity index (χ2n) is 9.22. The van der Waals surface area contributed by atoms with Crippen molar-refractivity contribution in [1.82, 2.24) is 14.5 Å². The highest BCUT2D eigenvalue weighted by atomic mass is 32.2. The predicted octanol–water partition coefficient (Wildman–Crippen LogP) is 3.10. The summed E-state index contributed by atoms with van der Waals surface area (Å²) in [5, 5.41) is 9.65. The zero-order chi connectivity index (χ0) is 27.7. The van der Waals surface area contributed by atoms with Gasteiger partial charge in [-0.05, 0) is 43.2 Å². The highest BCUT2D eigenvalue weighted by Crippen LogP contribution is 2.28. The fraction of sp³-hybridized carbons (Fsp3) is 0.259. The van der Waals surface area contributed by atoms with Crippen LogP contribution in [0.1, 0.15) is 30.5 Å². The van der Waals surface area contributed by atoms with Crippen LogP contribution >= 0.6 is 0 Å². The molecule has 5 rings (SSSR count). The summed E-state index contributed by atoms with van der Waals surface area (Å²) in [6, 6.07) is 12.0. The number of benzene rings is 2. The Morgan fingerprint density at radius 3 is 2.74 bits per heavy atom. The molecule has 2 N–H and O–H groups in total. The number of sulfonamides is 1. The number of aromatic nitrogens is 2. The van der Waals surface area contributed by atoms with E-state index < -0.39 is 38.5 Å². The van der Waals surface area contributed by atoms with Gasteiger partial charge in [0.15, 0.2) is 5.58 Å². The van der Waals surface area contributed by atoms with Gasteiger partial charge < -0.3 is 9.52 Å². The van der Waals surface area contributed by atoms with E-state index in [-0.39, 0.29) is 23.0 Å². The van der Waals surface area contributed by atoms with Crippen molar-refractivity contribution in [2.24, 2.45) is 0 Å². The molecule has 39 heavy (non-hydrogen) atoms. The van der Waals surface area contributed by atoms with E-state index in [1.54, 1.807) is 19.1 Å². The second kappa shape index (κ2) is 10.6. The summed E-state index contributed by atoms with van der Waals surface area (Å²) in [5.74, 6) is 3.02. The average Bonchev–Trinajstić information content (AvgIpc) is 3.44. The Kier molecular flexibility index (Phi) is 7.22. The summed E-state index contributed by atoms with van der Waals surface area (Å²) in [6.45, 7) is 3.64. The molecule has 1 unspecified atom stereocenters. The van der Waals surface area contributed by atoms with Crippen LogP contribution in [0.2, 0.25) is 0 Å². The number of anilines is 1. The van der Waals surface area contributed by atoms with Gasteiger partial charge in [-0.2, -0.15) is 4.39 Å². The van der Waals surface area contributed by atoms with Crippen LogP contribution in [0.5, 0.6) is 0 Å². The van der Waals surface area contributed by atoms with Crippen molar-refractivity contribution in [3.8, 4) is 11.8 Å². The van der Waals surface area contributed by atoms with E-state index in [0.29, 0.717) is 18.7 Å². The van der Waals surface area contributed by atoms with Crippen LogP contribution in [0, 0.1) is 23.6 Å². The van der Waals surface area contributed by atoms with Gasteiger partial charge in [0.1, 0.15) is 16.5 Å². The number of fused-ring (bicyclic) bond motifs is 1. The largest absolute Gasteiger partial charge is 0.420 e. The predicted molar refractivity (Wildman–Crippen MR) is 140 cm³/mol. The summed E-state index contributed by atoms with van der Waals surface area (Å²) in [4.78, 5) is 17.5. The molecule has 2 aromatic carbocycles. The SMILES string of the molecule is C[C@H](c1cccc(C#CCN2CCC(O)C2)c1)n1c(=O)oc2cc(S(=O)(=O)Nc3cccc(F)n3)c(F)cc21. The molecule has 0 amide bonds. The van der Waals surface area contributed by atoms with E-state index in [4.69, 9.17) is 4.42 Å². The molecule has 4 aromatic rings. The van der Waals surface area contributed by atoms with Gasteiger partial charge in [-0.25, -0.2) is 22.6 Å². The lowest BCUT2D eigenvalue weighted by Crippen LogP contribution is -2.22. The molecular formula is C27H24F2N4O5S. The van der Waals surface area contributed by atoms with Crippen molar-refractivity contribution in [3.63, 3.8) is 0 Å². The van der Waals surface area contributed by atoms with Crippen LogP contribution in [0.15, 0.2) is 68.7 Å². The topological polar surface area (TPSA) is 118 Å². The first kappa shape index (κ1) is 26.6. The number of aliphatic hydroxyl groups excluding tert-OH is 1. The maximum absolute atomic E-state index is 15.1. The average molecular weight is 555 g/mol. The standard InChI is InChI=1S/C27H24F2N4O5S/c1-17(19-7-2-5-18(13-19)6-4-11-32-12-10-20(34)16-32)33-22-14-21(28)24(15-23(22)38-27(33)35)39(36,37)31-26-9-3-8-25(29)30-26/h2-3,5,7-9,13-15,17,20,34H,10-12,16H2,1H3,(H,30,31)/t17-,20?/m1/s1. The van der Waals surface area contributed by atoms with Crippen molar-refractivity contribution in [2.75, 3.05) is 24.4 Å². The van der Waals surface area contributed by atoms with Crippen LogP contribution < -0.4 is 10.5 Å². The van der Waals surface area contributed by atoms with E-state index in [2.05, 4.69) is 21.7 Å². The first-order valence-electron chi connectivity index (χ1n) is 12.1. The number of β-amino-alcohol motifs (C(OH)–C–C–N with tert-alkyl or cyclic N) is 1. The molecule has 202 valence electrons. The Morgan fingerprint density at radius 1 is 1.21 bits per heavy atom. The lowest BCUT2D eigenvalue weighted by molar-refractivity contribution is 0.180. The monoisotopic (exact) mass is 554 g/mol. The summed E-state index contributed by atoms with van der Waals surface area (Å²) < 4.78 is 62.6. The fourth-order valence-corrected chi connectivity index (χ4v) is 5.58. The minimum atomic E-state index is -4.51. The number of likely N-dealkylation sites (tertiary alicyclic amines) is 1. The number of hydrogen-bond donors (Lipinski definition) is 2. The Hall–Kier alpha value is -4.05. The zero-order valence-corrected chi connectivity index (χ0v) is 21.6. The Morgan fingerprint density at radius 2 is 2.00 bits per heavy atom. The molecule has 9 nitrogen and oxygen atoms in total. The molecule has 1 saturated heterocycles. The molecule has 3 heterocycles. The van der Waals surface area contributed by atoms with Crippen molar-refractivity contribution in [3.05, 3.63) is 88.0 Å². The molecule has 0 spiro atoms. The molecule has 0 bridgehead atoms. The van der Waals surface area contributed by atoms with Crippen LogP contribution in [0.4, 0.5) is 14.6 Å². The smallest absolute Gasteiger partial charge is 0.408 e. The number of hydrogen-bond acceptors (Lipinski definition) is 7. The molecule has 12 heteroatoms. The third-order valence-electron chi connectivity index (χ3n) is 6.45. The van der Waals surface area contributed by atoms with Crippen LogP contribution in [0.25, 0.3) is 11.1 Å². The van der Waals surface area contributed by atoms with Crippen molar-refractivity contribution >= 4 is 26.9 Å². The zero-order valence-electron chi connectivity index (χ0n) is 20.8. The number of aliphatic hydroxyl groups is 1. The van der Waals surface area contributed by atoms with Gasteiger partial charge in [0.25, 0.3) is 10.0 Å². The Bertz CT molecular complexity index is 1770. The molecule has 0 saturated carbocycles. The molecule has 1 aliphatic heterocycles. The molecule has 0 aliphatic carbocycles. The lowest BCUT2D eigenvalue weighted by Gasteiger charge is -2.14. The van der Waals surface area contributed by atoms with Gasteiger partial charge in [0, 0.05) is 30.8 Å². The number of nitrogens with zero attached hydrogens (tertiary/aromatic N) is 3. The minimum absolute atomic E-state index is 0.0666. The highest BCUT2D eigenvalue weighted by molar-refractivity contribution is 7.92. The van der Waals surface area contributed by atoms with E-state index in [9.17, 15) is 22.7 Å². The lowest BCUT2D eigenvalue weighted by atomic mass is 10.0. The maximum Gasteiger partial charge on any atom is 0.420 e. The Labute approximate surface area is 222 Å². The molecule has 0 radical (unpaired) electrons. The Balaban J connectivity index is 1.43. The van der Waals surface area contributed by atoms with Gasteiger partial charge in [-0.3, -0.25) is 14.2 Å². The molecule has 1 aliphatic rings. The van der Waals surface area contributed by atoms with E-state index in [1.807, 2.05) is 16.9 Å². The van der Waals surface area contributed by atoms with Gasteiger partial charge in [-0.1, -0.05) is 30.0 Å². The molecular weight excluding hydrogens is 530 g/mol. The van der Waals surface area contributed by atoms with Crippen LogP contribution in [-0.4, -0.2) is 53.7 Å². The van der Waals surface area contributed by atoms with Crippen molar-refractivity contribution < 1.29 is 26.7 Å². The fourth-order valence-electron chi connectivity index (χ4n) is 4.50. The number of rotatable bonds is 6. The second-order valence-corrected chi connectivity index (χ2v) is 10.9. The first-order valence-corrected chi connectivity index (χ1v) is 13.6. The number of oxazole rings is 1. The molecule has 1 fully saturated rings. The third-order valence-corrected chi connectivity index (χ3v) is 7.82. The summed E-state index contributed by atoms with van der Waals surface area (Å²) >= 11 is 0. The van der Waals surface area contributed by atoms with Gasteiger partial charge >= 0.3 is 5.76 Å². The van der Waals surface area contributed by atoms with E-state index in [0.717, 1.165) is 36.7 Å². The number of nitrogens with one attached hydrogen (secondary N) is 1. The van der Waals surface area contributed by atoms with Crippen molar-refractivity contribution in [1.29, 1.82) is 0 Å². The first-order chi connectivity index (χ1) is 18.6. The number of pyridine rings is 1. The maximum atomic E-state index is 15.1. The van der Waals surface area contributed by atoms with Crippen LogP contribution in [0.3, 0.4) is 0 Å². The molecule has 2 atom stereocenters. The van der Waals surface area contributed by atoms with E-state index >= 15 is 4.39 Å². The molecule has 2 aromatic heterocycles.